The number of nitrogens with one attached hydrogen (secondary N) is 1. The fraction of sp³-hybridized carbons (Fsp3) is 0.143. The van der Waals surface area contributed by atoms with Crippen molar-refractivity contribution in [1.82, 2.24) is 5.32 Å². The van der Waals surface area contributed by atoms with Gasteiger partial charge in [0.15, 0.2) is 0 Å². The number of aromatic hydroxyl groups is 1. The number of para-hydroxylation sites is 1. The minimum atomic E-state index is -0.307. The Bertz CT molecular complexity index is 545. The molecule has 0 bridgehead atoms. The highest BCUT2D eigenvalue weighted by atomic mass is 35.5. The monoisotopic (exact) mass is 265 g/mol. The largest absolute Gasteiger partial charge is 0.508 e. The Morgan fingerprint density at radius 2 is 1.78 bits per heavy atom. The average Bonchev–Trinajstić information content (AvgIpc) is 2.36. The molecule has 0 unspecified atom stereocenters. The van der Waals surface area contributed by atoms with Gasteiger partial charge in [0.05, 0.1) is 0 Å². The van der Waals surface area contributed by atoms with Crippen molar-refractivity contribution in [2.75, 3.05) is 0 Å². The van der Waals surface area contributed by atoms with Crippen molar-refractivity contribution in [1.29, 1.82) is 0 Å². The molecule has 0 saturated heterocycles. The first-order valence-corrected chi connectivity index (χ1v) is 5.96. The summed E-state index contributed by atoms with van der Waals surface area (Å²) in [5.41, 5.74) is 1.50. The first-order valence-electron chi connectivity index (χ1n) is 5.58. The second-order valence-corrected chi connectivity index (χ2v) is 4.38. The van der Waals surface area contributed by atoms with Crippen molar-refractivity contribution >= 4 is 11.6 Å². The summed E-state index contributed by atoms with van der Waals surface area (Å²) >= 11 is 5.95. The van der Waals surface area contributed by atoms with Crippen LogP contribution in [0.5, 0.6) is 5.75 Å². The average molecular weight is 266 g/mol. The van der Waals surface area contributed by atoms with Crippen molar-refractivity contribution in [3.8, 4) is 5.75 Å². The van der Waals surface area contributed by atoms with Crippen molar-refractivity contribution < 1.29 is 9.50 Å². The lowest BCUT2D eigenvalue weighted by Gasteiger charge is -2.08. The van der Waals surface area contributed by atoms with Gasteiger partial charge in [0.2, 0.25) is 0 Å². The zero-order valence-electron chi connectivity index (χ0n) is 9.66. The lowest BCUT2D eigenvalue weighted by Crippen LogP contribution is -2.13. The summed E-state index contributed by atoms with van der Waals surface area (Å²) in [7, 11) is 0. The van der Waals surface area contributed by atoms with Crippen molar-refractivity contribution in [2.24, 2.45) is 0 Å². The quantitative estimate of drug-likeness (QED) is 0.887. The van der Waals surface area contributed by atoms with Crippen LogP contribution in [0.4, 0.5) is 4.39 Å². The van der Waals surface area contributed by atoms with E-state index < -0.39 is 0 Å². The van der Waals surface area contributed by atoms with Crippen molar-refractivity contribution in [3.05, 3.63) is 64.4 Å². The van der Waals surface area contributed by atoms with Gasteiger partial charge in [0.1, 0.15) is 11.6 Å². The molecule has 94 valence electrons. The lowest BCUT2D eigenvalue weighted by atomic mass is 10.2. The highest BCUT2D eigenvalue weighted by Gasteiger charge is 2.03. The van der Waals surface area contributed by atoms with E-state index in [0.717, 1.165) is 5.56 Å². The summed E-state index contributed by atoms with van der Waals surface area (Å²) in [5, 5.41) is 13.2. The maximum atomic E-state index is 13.0. The summed E-state index contributed by atoms with van der Waals surface area (Å²) in [6.45, 7) is 0.949. The van der Waals surface area contributed by atoms with Crippen LogP contribution in [0.1, 0.15) is 11.1 Å². The third kappa shape index (κ3) is 3.22. The molecule has 2 nitrogen and oxygen atoms in total. The second kappa shape index (κ2) is 5.85. The summed E-state index contributed by atoms with van der Waals surface area (Å²) in [6.07, 6.45) is 0. The number of hydrogen-bond donors (Lipinski definition) is 2. The van der Waals surface area contributed by atoms with E-state index in [-0.39, 0.29) is 11.6 Å². The molecule has 0 radical (unpaired) electrons. The minimum absolute atomic E-state index is 0.246. The SMILES string of the molecule is Oc1ccccc1CNCc1cc(F)ccc1Cl. The molecule has 0 heterocycles. The molecular formula is C14H13ClFNO. The van der Waals surface area contributed by atoms with Crippen LogP contribution in [0.15, 0.2) is 42.5 Å². The Hall–Kier alpha value is -1.58. The van der Waals surface area contributed by atoms with Crippen LogP contribution >= 0.6 is 11.6 Å². The molecule has 0 saturated carbocycles. The summed E-state index contributed by atoms with van der Waals surface area (Å²) in [5.74, 6) is -0.0610. The highest BCUT2D eigenvalue weighted by Crippen LogP contribution is 2.18. The van der Waals surface area contributed by atoms with Crippen LogP contribution in [-0.4, -0.2) is 5.11 Å². The van der Waals surface area contributed by atoms with Crippen LogP contribution in [-0.2, 0) is 13.1 Å². The first-order chi connectivity index (χ1) is 8.66. The Morgan fingerprint density at radius 1 is 1.06 bits per heavy atom. The predicted molar refractivity (Wildman–Crippen MR) is 70.1 cm³/mol. The molecule has 2 aromatic rings. The van der Waals surface area contributed by atoms with Gasteiger partial charge in [0, 0.05) is 23.7 Å². The van der Waals surface area contributed by atoms with Gasteiger partial charge in [-0.3, -0.25) is 0 Å². The molecule has 2 aromatic carbocycles. The van der Waals surface area contributed by atoms with E-state index in [9.17, 15) is 9.50 Å². The minimum Gasteiger partial charge on any atom is -0.508 e. The second-order valence-electron chi connectivity index (χ2n) is 3.97. The molecule has 0 fully saturated rings. The molecule has 2 rings (SSSR count). The molecule has 0 atom stereocenters. The Morgan fingerprint density at radius 3 is 2.56 bits per heavy atom. The highest BCUT2D eigenvalue weighted by molar-refractivity contribution is 6.31. The fourth-order valence-electron chi connectivity index (χ4n) is 1.67. The zero-order chi connectivity index (χ0) is 13.0. The van der Waals surface area contributed by atoms with Gasteiger partial charge in [-0.2, -0.15) is 0 Å². The first kappa shape index (κ1) is 12.9. The van der Waals surface area contributed by atoms with Gasteiger partial charge >= 0.3 is 0 Å². The van der Waals surface area contributed by atoms with Gasteiger partial charge in [-0.1, -0.05) is 29.8 Å². The number of halogens is 2. The van der Waals surface area contributed by atoms with Gasteiger partial charge in [-0.25, -0.2) is 4.39 Å². The number of hydrogen-bond acceptors (Lipinski definition) is 2. The van der Waals surface area contributed by atoms with Crippen molar-refractivity contribution in [3.63, 3.8) is 0 Å². The molecule has 0 amide bonds. The van der Waals surface area contributed by atoms with E-state index in [0.29, 0.717) is 23.7 Å². The van der Waals surface area contributed by atoms with Crippen LogP contribution in [0.25, 0.3) is 0 Å². The Labute approximate surface area is 110 Å². The van der Waals surface area contributed by atoms with Gasteiger partial charge in [0.25, 0.3) is 0 Å². The smallest absolute Gasteiger partial charge is 0.123 e. The molecule has 0 spiro atoms. The molecule has 2 N–H and O–H groups in total. The summed E-state index contributed by atoms with van der Waals surface area (Å²) in [6, 6.07) is 11.3. The van der Waals surface area contributed by atoms with E-state index in [1.807, 2.05) is 12.1 Å². The summed E-state index contributed by atoms with van der Waals surface area (Å²) < 4.78 is 13.0. The maximum Gasteiger partial charge on any atom is 0.123 e. The number of rotatable bonds is 4. The molecular weight excluding hydrogens is 253 g/mol. The number of phenols is 1. The number of phenolic OH excluding ortho intramolecular Hbond substituents is 1. The summed E-state index contributed by atoms with van der Waals surface area (Å²) in [4.78, 5) is 0. The van der Waals surface area contributed by atoms with E-state index in [4.69, 9.17) is 11.6 Å². The van der Waals surface area contributed by atoms with Crippen LogP contribution < -0.4 is 5.32 Å². The third-order valence-electron chi connectivity index (χ3n) is 2.63. The Kier molecular flexibility index (Phi) is 4.18. The molecule has 0 aromatic heterocycles. The van der Waals surface area contributed by atoms with Gasteiger partial charge in [-0.15, -0.1) is 0 Å². The molecule has 0 aliphatic heterocycles. The van der Waals surface area contributed by atoms with Crippen LogP contribution in [0.3, 0.4) is 0 Å². The van der Waals surface area contributed by atoms with Gasteiger partial charge < -0.3 is 10.4 Å². The Balaban J connectivity index is 1.96. The van der Waals surface area contributed by atoms with E-state index >= 15 is 0 Å². The van der Waals surface area contributed by atoms with Crippen molar-refractivity contribution in [2.45, 2.75) is 13.1 Å². The van der Waals surface area contributed by atoms with Crippen LogP contribution in [0, 0.1) is 5.82 Å². The number of benzene rings is 2. The molecule has 4 heteroatoms. The molecule has 18 heavy (non-hydrogen) atoms. The topological polar surface area (TPSA) is 32.3 Å². The fourth-order valence-corrected chi connectivity index (χ4v) is 1.86. The van der Waals surface area contributed by atoms with Crippen LogP contribution in [0.2, 0.25) is 5.02 Å². The molecule has 0 aliphatic carbocycles. The lowest BCUT2D eigenvalue weighted by molar-refractivity contribution is 0.464. The van der Waals surface area contributed by atoms with E-state index in [1.54, 1.807) is 12.1 Å². The zero-order valence-corrected chi connectivity index (χ0v) is 10.4. The molecule has 0 aliphatic rings. The predicted octanol–water partition coefficient (Wildman–Crippen LogP) is 3.47. The standard InChI is InChI=1S/C14H13ClFNO/c15-13-6-5-12(16)7-11(13)9-17-8-10-3-1-2-4-14(10)18/h1-7,17-18H,8-9H2. The maximum absolute atomic E-state index is 13.0. The normalized spacial score (nSPS) is 10.6. The van der Waals surface area contributed by atoms with Gasteiger partial charge in [-0.05, 0) is 29.8 Å². The third-order valence-corrected chi connectivity index (χ3v) is 3.00. The van der Waals surface area contributed by atoms with E-state index in [1.165, 1.54) is 18.2 Å². The van der Waals surface area contributed by atoms with E-state index in [2.05, 4.69) is 5.32 Å².